The van der Waals surface area contributed by atoms with Crippen molar-refractivity contribution >= 4 is 16.4 Å². The number of methoxy groups -OCH3 is 2. The van der Waals surface area contributed by atoms with E-state index >= 15 is 0 Å². The fourth-order valence-electron chi connectivity index (χ4n) is 2.02. The molecule has 0 radical (unpaired) electrons. The molecule has 0 fully saturated rings. The number of nitrogens with one attached hydrogen (secondary N) is 1. The summed E-state index contributed by atoms with van der Waals surface area (Å²) >= 11 is 0. The number of carboxylic acid groups (broad SMARTS) is 1. The summed E-state index contributed by atoms with van der Waals surface area (Å²) < 4.78 is 42.0. The van der Waals surface area contributed by atoms with Gasteiger partial charge in [-0.3, -0.25) is 13.9 Å². The number of fused-ring (bicyclic) bond motifs is 1. The number of aliphatic carboxylic acids is 1. The van der Waals surface area contributed by atoms with Gasteiger partial charge >= 0.3 is 16.4 Å². The zero-order valence-electron chi connectivity index (χ0n) is 11.9. The Labute approximate surface area is 127 Å². The van der Waals surface area contributed by atoms with Crippen LogP contribution >= 0.6 is 0 Å². The summed E-state index contributed by atoms with van der Waals surface area (Å²) in [6.45, 7) is 0.534. The summed E-state index contributed by atoms with van der Waals surface area (Å²) in [6, 6.07) is 3.21. The molecule has 1 aromatic rings. The fourth-order valence-corrected chi connectivity index (χ4v) is 2.02. The number of hydrogen-bond acceptors (Lipinski definition) is 6. The Kier molecular flexibility index (Phi) is 6.11. The van der Waals surface area contributed by atoms with Crippen LogP contribution in [0.1, 0.15) is 11.1 Å². The van der Waals surface area contributed by atoms with Gasteiger partial charge in [0, 0.05) is 6.54 Å². The number of rotatable bonds is 3. The van der Waals surface area contributed by atoms with Gasteiger partial charge in [0.1, 0.15) is 6.04 Å². The lowest BCUT2D eigenvalue weighted by atomic mass is 9.95. The second-order valence-electron chi connectivity index (χ2n) is 4.40. The van der Waals surface area contributed by atoms with Crippen molar-refractivity contribution in [2.24, 2.45) is 0 Å². The van der Waals surface area contributed by atoms with Crippen molar-refractivity contribution in [1.82, 2.24) is 5.32 Å². The first kappa shape index (κ1) is 18.2. The van der Waals surface area contributed by atoms with Crippen LogP contribution in [0.2, 0.25) is 0 Å². The highest BCUT2D eigenvalue weighted by Gasteiger charge is 2.25. The fraction of sp³-hybridized carbons (Fsp3) is 0.417. The van der Waals surface area contributed by atoms with Gasteiger partial charge < -0.3 is 19.9 Å². The number of hydrogen-bond donors (Lipinski definition) is 4. The standard InChI is InChI=1S/C12H15NO4.H2O4S/c1-16-10-4-7-3-9(12(14)15)13-6-8(7)5-11(10)17-2;1-5(2,3)4/h4-5,9,13H,3,6H2,1-2H3,(H,14,15);(H2,1,2,3,4). The minimum atomic E-state index is -4.67. The Hall–Kier alpha value is -1.88. The average molecular weight is 335 g/mol. The van der Waals surface area contributed by atoms with Gasteiger partial charge in [-0.25, -0.2) is 0 Å². The first-order valence-electron chi connectivity index (χ1n) is 6.05. The lowest BCUT2D eigenvalue weighted by molar-refractivity contribution is -0.139. The van der Waals surface area contributed by atoms with Crippen LogP contribution in [0.4, 0.5) is 0 Å². The van der Waals surface area contributed by atoms with Crippen molar-refractivity contribution < 1.29 is 36.9 Å². The number of carbonyl (C=O) groups is 1. The van der Waals surface area contributed by atoms with Crippen molar-refractivity contribution in [2.75, 3.05) is 14.2 Å². The molecule has 0 aliphatic carbocycles. The summed E-state index contributed by atoms with van der Waals surface area (Å²) in [5.74, 6) is 0.476. The van der Waals surface area contributed by atoms with Gasteiger partial charge in [0.15, 0.2) is 11.5 Å². The maximum absolute atomic E-state index is 10.9. The van der Waals surface area contributed by atoms with E-state index in [1.165, 1.54) is 0 Å². The van der Waals surface area contributed by atoms with Crippen molar-refractivity contribution in [2.45, 2.75) is 19.0 Å². The average Bonchev–Trinajstić information content (AvgIpc) is 2.43. The summed E-state index contributed by atoms with van der Waals surface area (Å²) in [4.78, 5) is 10.9. The molecular weight excluding hydrogens is 318 g/mol. The molecule has 0 amide bonds. The zero-order chi connectivity index (χ0) is 16.9. The molecule has 124 valence electrons. The highest BCUT2D eigenvalue weighted by molar-refractivity contribution is 7.79. The van der Waals surface area contributed by atoms with Crippen LogP contribution in [0.5, 0.6) is 11.5 Å². The minimum absolute atomic E-state index is 0.463. The summed E-state index contributed by atoms with van der Waals surface area (Å²) in [6.07, 6.45) is 0.463. The molecule has 1 aromatic carbocycles. The van der Waals surface area contributed by atoms with Gasteiger partial charge in [-0.15, -0.1) is 0 Å². The molecule has 1 unspecified atom stereocenters. The molecule has 22 heavy (non-hydrogen) atoms. The first-order chi connectivity index (χ1) is 10.2. The van der Waals surface area contributed by atoms with Crippen molar-refractivity contribution in [3.63, 3.8) is 0 Å². The highest BCUT2D eigenvalue weighted by Crippen LogP contribution is 2.32. The van der Waals surface area contributed by atoms with Crippen molar-refractivity contribution in [1.29, 1.82) is 0 Å². The molecule has 9 nitrogen and oxygen atoms in total. The highest BCUT2D eigenvalue weighted by atomic mass is 32.3. The maximum atomic E-state index is 10.9. The van der Waals surface area contributed by atoms with Crippen LogP contribution < -0.4 is 14.8 Å². The number of carboxylic acids is 1. The maximum Gasteiger partial charge on any atom is 0.394 e. The smallest absolute Gasteiger partial charge is 0.394 e. The lowest BCUT2D eigenvalue weighted by Crippen LogP contribution is -2.41. The van der Waals surface area contributed by atoms with E-state index in [-0.39, 0.29) is 0 Å². The van der Waals surface area contributed by atoms with Crippen LogP contribution in [-0.2, 0) is 28.2 Å². The summed E-state index contributed by atoms with van der Waals surface area (Å²) in [5, 5.41) is 11.9. The Balaban J connectivity index is 0.000000422. The van der Waals surface area contributed by atoms with Gasteiger partial charge in [-0.2, -0.15) is 8.42 Å². The number of ether oxygens (including phenoxy) is 2. The second-order valence-corrected chi connectivity index (χ2v) is 5.30. The Morgan fingerprint density at radius 2 is 1.64 bits per heavy atom. The third-order valence-corrected chi connectivity index (χ3v) is 2.97. The van der Waals surface area contributed by atoms with Crippen molar-refractivity contribution in [3.8, 4) is 11.5 Å². The van der Waals surface area contributed by atoms with E-state index in [0.717, 1.165) is 11.1 Å². The first-order valence-corrected chi connectivity index (χ1v) is 7.45. The van der Waals surface area contributed by atoms with Crippen LogP contribution in [-0.4, -0.2) is 48.9 Å². The molecule has 4 N–H and O–H groups in total. The Morgan fingerprint density at radius 3 is 2.05 bits per heavy atom. The van der Waals surface area contributed by atoms with Gasteiger partial charge in [0.25, 0.3) is 0 Å². The van der Waals surface area contributed by atoms with Crippen LogP contribution in [0, 0.1) is 0 Å². The quantitative estimate of drug-likeness (QED) is 0.567. The second kappa shape index (κ2) is 7.40. The predicted molar refractivity (Wildman–Crippen MR) is 75.7 cm³/mol. The molecule has 0 saturated heterocycles. The van der Waals surface area contributed by atoms with E-state index in [4.69, 9.17) is 32.1 Å². The van der Waals surface area contributed by atoms with E-state index in [9.17, 15) is 4.79 Å². The van der Waals surface area contributed by atoms with Gasteiger partial charge in [-0.1, -0.05) is 0 Å². The topological polar surface area (TPSA) is 142 Å². The molecule has 1 aliphatic rings. The molecule has 1 atom stereocenters. The van der Waals surface area contributed by atoms with Crippen molar-refractivity contribution in [3.05, 3.63) is 23.3 Å². The molecule has 2 rings (SSSR count). The predicted octanol–water partition coefficient (Wildman–Crippen LogP) is 0.150. The van der Waals surface area contributed by atoms with E-state index in [0.29, 0.717) is 24.5 Å². The minimum Gasteiger partial charge on any atom is -0.493 e. The summed E-state index contributed by atoms with van der Waals surface area (Å²) in [7, 11) is -1.51. The van der Waals surface area contributed by atoms with E-state index in [2.05, 4.69) is 5.32 Å². The monoisotopic (exact) mass is 335 g/mol. The number of benzene rings is 1. The van der Waals surface area contributed by atoms with Gasteiger partial charge in [-0.05, 0) is 29.7 Å². The summed E-state index contributed by atoms with van der Waals surface area (Å²) in [5.41, 5.74) is 2.05. The van der Waals surface area contributed by atoms with E-state index in [1.54, 1.807) is 14.2 Å². The van der Waals surface area contributed by atoms with Gasteiger partial charge in [0.05, 0.1) is 14.2 Å². The normalized spacial score (nSPS) is 16.8. The molecule has 1 aliphatic heterocycles. The van der Waals surface area contributed by atoms with Crippen LogP contribution in [0.25, 0.3) is 0 Å². The van der Waals surface area contributed by atoms with Gasteiger partial charge in [0.2, 0.25) is 0 Å². The van der Waals surface area contributed by atoms with E-state index in [1.807, 2.05) is 12.1 Å². The molecular formula is C12H17NO8S. The van der Waals surface area contributed by atoms with Crippen LogP contribution in [0.3, 0.4) is 0 Å². The van der Waals surface area contributed by atoms with E-state index < -0.39 is 22.4 Å². The largest absolute Gasteiger partial charge is 0.493 e. The lowest BCUT2D eigenvalue weighted by Gasteiger charge is -2.24. The molecule has 10 heteroatoms. The molecule has 0 aromatic heterocycles. The molecule has 1 heterocycles. The molecule has 0 saturated carbocycles. The Bertz CT molecular complexity index is 635. The van der Waals surface area contributed by atoms with Crippen LogP contribution in [0.15, 0.2) is 12.1 Å². The Morgan fingerprint density at radius 1 is 1.18 bits per heavy atom. The molecule has 0 spiro atoms. The SMILES string of the molecule is COc1cc2c(cc1OC)CC(C(=O)O)NC2.O=S(=O)(O)O. The zero-order valence-corrected chi connectivity index (χ0v) is 12.8. The third-order valence-electron chi connectivity index (χ3n) is 2.97. The molecule has 0 bridgehead atoms. The third kappa shape index (κ3) is 5.48.